The fourth-order valence-electron chi connectivity index (χ4n) is 3.49. The normalized spacial score (nSPS) is 17.8. The first-order valence-corrected chi connectivity index (χ1v) is 8.82. The first-order chi connectivity index (χ1) is 12.3. The SMILES string of the molecule is CC[C@H]1COCCN1C(=O)c1cccc(-c2ccc3cc[nH]c3c2)c1. The lowest BCUT2D eigenvalue weighted by atomic mass is 10.0. The average molecular weight is 334 g/mol. The number of rotatable bonds is 3. The molecule has 25 heavy (non-hydrogen) atoms. The highest BCUT2D eigenvalue weighted by molar-refractivity contribution is 5.96. The predicted molar refractivity (Wildman–Crippen MR) is 99.7 cm³/mol. The molecule has 0 bridgehead atoms. The third kappa shape index (κ3) is 3.05. The van der Waals surface area contributed by atoms with E-state index in [1.54, 1.807) is 0 Å². The van der Waals surface area contributed by atoms with E-state index in [2.05, 4.69) is 42.2 Å². The molecule has 0 saturated carbocycles. The van der Waals surface area contributed by atoms with Crippen LogP contribution in [0, 0.1) is 0 Å². The van der Waals surface area contributed by atoms with E-state index in [0.29, 0.717) is 19.8 Å². The summed E-state index contributed by atoms with van der Waals surface area (Å²) < 4.78 is 5.52. The van der Waals surface area contributed by atoms with Crippen LogP contribution in [0.15, 0.2) is 54.7 Å². The minimum atomic E-state index is 0.0953. The summed E-state index contributed by atoms with van der Waals surface area (Å²) >= 11 is 0. The van der Waals surface area contributed by atoms with Gasteiger partial charge >= 0.3 is 0 Å². The number of hydrogen-bond donors (Lipinski definition) is 1. The van der Waals surface area contributed by atoms with Crippen molar-refractivity contribution in [2.24, 2.45) is 0 Å². The quantitative estimate of drug-likeness (QED) is 0.784. The third-order valence-electron chi connectivity index (χ3n) is 4.96. The summed E-state index contributed by atoms with van der Waals surface area (Å²) in [5, 5.41) is 1.19. The maximum Gasteiger partial charge on any atom is 0.254 e. The maximum absolute atomic E-state index is 13.0. The molecule has 1 saturated heterocycles. The van der Waals surface area contributed by atoms with Gasteiger partial charge in [-0.1, -0.05) is 31.2 Å². The molecule has 128 valence electrons. The molecule has 1 amide bonds. The van der Waals surface area contributed by atoms with E-state index >= 15 is 0 Å². The molecule has 3 aromatic rings. The van der Waals surface area contributed by atoms with E-state index in [-0.39, 0.29) is 11.9 Å². The lowest BCUT2D eigenvalue weighted by Gasteiger charge is -2.35. The van der Waals surface area contributed by atoms with Gasteiger partial charge in [-0.25, -0.2) is 0 Å². The van der Waals surface area contributed by atoms with Crippen molar-refractivity contribution in [1.29, 1.82) is 0 Å². The van der Waals surface area contributed by atoms with E-state index < -0.39 is 0 Å². The van der Waals surface area contributed by atoms with Crippen molar-refractivity contribution in [2.45, 2.75) is 19.4 Å². The smallest absolute Gasteiger partial charge is 0.254 e. The summed E-state index contributed by atoms with van der Waals surface area (Å²) in [6.45, 7) is 4.01. The molecule has 1 fully saturated rings. The van der Waals surface area contributed by atoms with E-state index in [1.807, 2.05) is 29.3 Å². The fourth-order valence-corrected chi connectivity index (χ4v) is 3.49. The van der Waals surface area contributed by atoms with Crippen molar-refractivity contribution in [1.82, 2.24) is 9.88 Å². The van der Waals surface area contributed by atoms with Crippen molar-refractivity contribution in [3.63, 3.8) is 0 Å². The van der Waals surface area contributed by atoms with Gasteiger partial charge in [0.2, 0.25) is 0 Å². The maximum atomic E-state index is 13.0. The molecule has 1 aliphatic rings. The molecule has 0 unspecified atom stereocenters. The number of carbonyl (C=O) groups is 1. The Bertz CT molecular complexity index is 900. The molecule has 0 radical (unpaired) electrons. The lowest BCUT2D eigenvalue weighted by Crippen LogP contribution is -2.48. The average Bonchev–Trinajstić information content (AvgIpc) is 3.15. The number of fused-ring (bicyclic) bond motifs is 1. The van der Waals surface area contributed by atoms with E-state index in [9.17, 15) is 4.79 Å². The zero-order valence-corrected chi connectivity index (χ0v) is 14.4. The van der Waals surface area contributed by atoms with E-state index in [4.69, 9.17) is 4.74 Å². The highest BCUT2D eigenvalue weighted by Gasteiger charge is 2.26. The number of nitrogens with zero attached hydrogens (tertiary/aromatic N) is 1. The third-order valence-corrected chi connectivity index (χ3v) is 4.96. The zero-order valence-electron chi connectivity index (χ0n) is 14.4. The molecule has 1 aliphatic heterocycles. The highest BCUT2D eigenvalue weighted by Crippen LogP contribution is 2.25. The highest BCUT2D eigenvalue weighted by atomic mass is 16.5. The van der Waals surface area contributed by atoms with Crippen molar-refractivity contribution < 1.29 is 9.53 Å². The number of ether oxygens (including phenoxy) is 1. The Morgan fingerprint density at radius 3 is 2.96 bits per heavy atom. The van der Waals surface area contributed by atoms with Crippen LogP contribution in [0.5, 0.6) is 0 Å². The van der Waals surface area contributed by atoms with Gasteiger partial charge in [0, 0.05) is 23.8 Å². The minimum Gasteiger partial charge on any atom is -0.377 e. The van der Waals surface area contributed by atoms with Gasteiger partial charge < -0.3 is 14.6 Å². The Morgan fingerprint density at radius 1 is 1.20 bits per heavy atom. The van der Waals surface area contributed by atoms with Gasteiger partial charge in [0.05, 0.1) is 19.3 Å². The standard InChI is InChI=1S/C21H22N2O2/c1-2-19-14-25-11-10-23(19)21(24)18-5-3-4-16(12-18)17-7-6-15-8-9-22-20(15)13-17/h3-9,12-13,19,22H,2,10-11,14H2,1H3/t19-/m0/s1. The second-order valence-corrected chi connectivity index (χ2v) is 6.50. The van der Waals surface area contributed by atoms with Crippen LogP contribution in [0.1, 0.15) is 23.7 Å². The summed E-state index contributed by atoms with van der Waals surface area (Å²) in [5.41, 5.74) is 4.01. The van der Waals surface area contributed by atoms with Gasteiger partial charge in [-0.05, 0) is 47.2 Å². The number of H-pyrrole nitrogens is 1. The van der Waals surface area contributed by atoms with Crippen LogP contribution >= 0.6 is 0 Å². The number of nitrogens with one attached hydrogen (secondary N) is 1. The van der Waals surface area contributed by atoms with Crippen LogP contribution in [-0.2, 0) is 4.74 Å². The Kier molecular flexibility index (Phi) is 4.28. The van der Waals surface area contributed by atoms with Crippen LogP contribution in [0.25, 0.3) is 22.0 Å². The molecule has 1 N–H and O–H groups in total. The van der Waals surface area contributed by atoms with Crippen LogP contribution in [0.4, 0.5) is 0 Å². The van der Waals surface area contributed by atoms with Gasteiger partial charge in [-0.2, -0.15) is 0 Å². The molecule has 4 rings (SSSR count). The van der Waals surface area contributed by atoms with Crippen molar-refractivity contribution >= 4 is 16.8 Å². The van der Waals surface area contributed by atoms with Crippen molar-refractivity contribution in [3.05, 3.63) is 60.3 Å². The number of aromatic nitrogens is 1. The Balaban J connectivity index is 1.65. The number of hydrogen-bond acceptors (Lipinski definition) is 2. The second kappa shape index (κ2) is 6.73. The summed E-state index contributed by atoms with van der Waals surface area (Å²) in [4.78, 5) is 18.2. The Morgan fingerprint density at radius 2 is 2.08 bits per heavy atom. The number of morpholine rings is 1. The number of carbonyl (C=O) groups excluding carboxylic acids is 1. The molecule has 4 heteroatoms. The van der Waals surface area contributed by atoms with Gasteiger partial charge in [-0.3, -0.25) is 4.79 Å². The van der Waals surface area contributed by atoms with E-state index in [1.165, 1.54) is 5.39 Å². The second-order valence-electron chi connectivity index (χ2n) is 6.50. The summed E-state index contributed by atoms with van der Waals surface area (Å²) in [7, 11) is 0. The van der Waals surface area contributed by atoms with Crippen molar-refractivity contribution in [3.8, 4) is 11.1 Å². The molecule has 2 aromatic carbocycles. The predicted octanol–water partition coefficient (Wildman–Crippen LogP) is 4.09. The molecule has 2 heterocycles. The summed E-state index contributed by atoms with van der Waals surface area (Å²) in [6, 6.07) is 16.5. The number of amides is 1. The Hall–Kier alpha value is -2.59. The van der Waals surface area contributed by atoms with E-state index in [0.717, 1.165) is 28.6 Å². The molecule has 1 aromatic heterocycles. The molecule has 1 atom stereocenters. The summed E-state index contributed by atoms with van der Waals surface area (Å²) in [6.07, 6.45) is 2.85. The molecular weight excluding hydrogens is 312 g/mol. The van der Waals surface area contributed by atoms with Gasteiger partial charge in [0.25, 0.3) is 5.91 Å². The molecule has 4 nitrogen and oxygen atoms in total. The monoisotopic (exact) mass is 334 g/mol. The van der Waals surface area contributed by atoms with Crippen LogP contribution in [0.2, 0.25) is 0 Å². The van der Waals surface area contributed by atoms with Gasteiger partial charge in [0.15, 0.2) is 0 Å². The summed E-state index contributed by atoms with van der Waals surface area (Å²) in [5.74, 6) is 0.0953. The first-order valence-electron chi connectivity index (χ1n) is 8.82. The van der Waals surface area contributed by atoms with Crippen LogP contribution < -0.4 is 0 Å². The van der Waals surface area contributed by atoms with Gasteiger partial charge in [0.1, 0.15) is 0 Å². The molecule has 0 spiro atoms. The largest absolute Gasteiger partial charge is 0.377 e. The number of benzene rings is 2. The molecular formula is C21H22N2O2. The fraction of sp³-hybridized carbons (Fsp3) is 0.286. The number of aromatic amines is 1. The lowest BCUT2D eigenvalue weighted by molar-refractivity contribution is -0.00279. The zero-order chi connectivity index (χ0) is 17.2. The molecule has 0 aliphatic carbocycles. The first kappa shape index (κ1) is 15.9. The Labute approximate surface area is 147 Å². The van der Waals surface area contributed by atoms with Crippen molar-refractivity contribution in [2.75, 3.05) is 19.8 Å². The van der Waals surface area contributed by atoms with Crippen LogP contribution in [0.3, 0.4) is 0 Å². The van der Waals surface area contributed by atoms with Gasteiger partial charge in [-0.15, -0.1) is 0 Å². The topological polar surface area (TPSA) is 45.3 Å². The van der Waals surface area contributed by atoms with Crippen LogP contribution in [-0.4, -0.2) is 41.6 Å². The minimum absolute atomic E-state index is 0.0953.